The Labute approximate surface area is 204 Å². The van der Waals surface area contributed by atoms with Crippen molar-refractivity contribution < 1.29 is 26.8 Å². The van der Waals surface area contributed by atoms with Gasteiger partial charge in [-0.15, -0.1) is 11.3 Å². The topological polar surface area (TPSA) is 170 Å². The summed E-state index contributed by atoms with van der Waals surface area (Å²) in [6.07, 6.45) is 1.39. The van der Waals surface area contributed by atoms with Gasteiger partial charge in [-0.3, -0.25) is 9.59 Å². The highest BCUT2D eigenvalue weighted by molar-refractivity contribution is 7.89. The molecule has 2 heterocycles. The van der Waals surface area contributed by atoms with Crippen molar-refractivity contribution in [2.75, 3.05) is 16.4 Å². The van der Waals surface area contributed by atoms with Crippen LogP contribution in [0.25, 0.3) is 0 Å². The lowest BCUT2D eigenvalue weighted by atomic mass is 10.1. The molecule has 0 radical (unpaired) electrons. The molecule has 0 bridgehead atoms. The molecule has 0 unspecified atom stereocenters. The van der Waals surface area contributed by atoms with Crippen molar-refractivity contribution in [2.45, 2.75) is 4.90 Å². The number of rotatable bonds is 7. The molecule has 2 aromatic carbocycles. The summed E-state index contributed by atoms with van der Waals surface area (Å²) in [5, 5.41) is 11.9. The molecule has 0 spiro atoms. The Morgan fingerprint density at radius 3 is 2.40 bits per heavy atom. The lowest BCUT2D eigenvalue weighted by Gasteiger charge is -2.09. The fourth-order valence-corrected chi connectivity index (χ4v) is 4.78. The van der Waals surface area contributed by atoms with Gasteiger partial charge in [-0.05, 0) is 36.4 Å². The zero-order chi connectivity index (χ0) is 25.3. The van der Waals surface area contributed by atoms with Crippen molar-refractivity contribution in [2.24, 2.45) is 5.14 Å². The summed E-state index contributed by atoms with van der Waals surface area (Å²) >= 11 is 1.75. The van der Waals surface area contributed by atoms with E-state index in [1.54, 1.807) is 5.38 Å². The lowest BCUT2D eigenvalue weighted by Crippen LogP contribution is -2.15. The normalized spacial score (nSPS) is 11.3. The molecule has 0 saturated carbocycles. The van der Waals surface area contributed by atoms with Crippen molar-refractivity contribution in [3.63, 3.8) is 0 Å². The van der Waals surface area contributed by atoms with Crippen molar-refractivity contribution in [3.8, 4) is 0 Å². The van der Waals surface area contributed by atoms with Gasteiger partial charge < -0.3 is 16.4 Å². The smallest absolute Gasteiger partial charge is 0.284 e. The maximum Gasteiger partial charge on any atom is 0.284 e. The molecular formula is C20H14F2N6O4S3. The van der Waals surface area contributed by atoms with Gasteiger partial charge in [0.1, 0.15) is 16.5 Å². The van der Waals surface area contributed by atoms with E-state index in [0.29, 0.717) is 5.69 Å². The van der Waals surface area contributed by atoms with Crippen LogP contribution in [0.15, 0.2) is 52.9 Å². The number of nitrogens with two attached hydrogens (primary N) is 2. The second-order valence-electron chi connectivity index (χ2n) is 6.83. The first kappa shape index (κ1) is 24.3. The maximum atomic E-state index is 15.1. The number of hydrogen-bond acceptors (Lipinski definition) is 10. The van der Waals surface area contributed by atoms with Gasteiger partial charge in [0.15, 0.2) is 16.0 Å². The van der Waals surface area contributed by atoms with Gasteiger partial charge in [0.25, 0.3) is 5.91 Å². The van der Waals surface area contributed by atoms with Crippen LogP contribution in [0.4, 0.5) is 31.1 Å². The second kappa shape index (κ2) is 9.46. The van der Waals surface area contributed by atoms with Gasteiger partial charge in [-0.2, -0.15) is 0 Å². The summed E-state index contributed by atoms with van der Waals surface area (Å²) in [6.45, 7) is 0. The van der Waals surface area contributed by atoms with Gasteiger partial charge in [-0.25, -0.2) is 32.3 Å². The molecule has 1 amide bonds. The molecule has 0 atom stereocenters. The molecule has 4 aromatic rings. The van der Waals surface area contributed by atoms with Crippen LogP contribution in [0.5, 0.6) is 0 Å². The van der Waals surface area contributed by atoms with Crippen LogP contribution in [-0.2, 0) is 10.0 Å². The first-order chi connectivity index (χ1) is 16.5. The van der Waals surface area contributed by atoms with Crippen LogP contribution < -0.4 is 21.5 Å². The van der Waals surface area contributed by atoms with E-state index in [9.17, 15) is 22.4 Å². The number of hydrogen-bond donors (Lipinski definition) is 4. The zero-order valence-electron chi connectivity index (χ0n) is 17.3. The average Bonchev–Trinajstić information content (AvgIpc) is 3.45. The van der Waals surface area contributed by atoms with E-state index in [0.717, 1.165) is 34.8 Å². The summed E-state index contributed by atoms with van der Waals surface area (Å²) in [4.78, 5) is 32.6. The Hall–Kier alpha value is -3.79. The molecule has 0 saturated heterocycles. The van der Waals surface area contributed by atoms with Crippen molar-refractivity contribution in [1.29, 1.82) is 0 Å². The fourth-order valence-electron chi connectivity index (χ4n) is 2.88. The number of carbonyl (C=O) groups excluding carboxylic acids is 2. The van der Waals surface area contributed by atoms with Crippen LogP contribution >= 0.6 is 22.7 Å². The Balaban J connectivity index is 1.59. The lowest BCUT2D eigenvalue weighted by molar-refractivity contribution is 0.101. The number of benzene rings is 2. The SMILES string of the molecule is Nc1nc(Nc2ccc(S(N)(=O)=O)cc2)sc1C(=O)c1c(F)ccc(NC(=O)c2nccs2)c1F. The molecule has 2 aromatic heterocycles. The van der Waals surface area contributed by atoms with Crippen LogP contribution in [0.3, 0.4) is 0 Å². The summed E-state index contributed by atoms with van der Waals surface area (Å²) in [6, 6.07) is 7.17. The summed E-state index contributed by atoms with van der Waals surface area (Å²) < 4.78 is 52.3. The molecule has 0 fully saturated rings. The van der Waals surface area contributed by atoms with E-state index >= 15 is 4.39 Å². The number of halogens is 2. The number of primary sulfonamides is 1. The fraction of sp³-hybridized carbons (Fsp3) is 0. The highest BCUT2D eigenvalue weighted by atomic mass is 32.2. The number of nitrogens with zero attached hydrogens (tertiary/aromatic N) is 2. The van der Waals surface area contributed by atoms with E-state index in [1.807, 2.05) is 0 Å². The Kier molecular flexibility index (Phi) is 6.58. The quantitative estimate of drug-likeness (QED) is 0.261. The summed E-state index contributed by atoms with van der Waals surface area (Å²) in [5.41, 5.74) is 4.89. The third-order valence-corrected chi connectivity index (χ3v) is 7.17. The molecule has 15 heteroatoms. The van der Waals surface area contributed by atoms with Crippen LogP contribution in [0.2, 0.25) is 0 Å². The zero-order valence-corrected chi connectivity index (χ0v) is 19.7. The Bertz CT molecular complexity index is 1540. The summed E-state index contributed by atoms with van der Waals surface area (Å²) in [5.74, 6) is -4.50. The molecule has 0 aliphatic carbocycles. The first-order valence-electron chi connectivity index (χ1n) is 9.44. The number of nitrogens with one attached hydrogen (secondary N) is 2. The minimum Gasteiger partial charge on any atom is -0.382 e. The average molecular weight is 537 g/mol. The predicted molar refractivity (Wildman–Crippen MR) is 127 cm³/mol. The predicted octanol–water partition coefficient (Wildman–Crippen LogP) is 3.33. The molecular weight excluding hydrogens is 522 g/mol. The number of nitrogen functional groups attached to an aromatic ring is 1. The monoisotopic (exact) mass is 536 g/mol. The van der Waals surface area contributed by atoms with E-state index in [4.69, 9.17) is 10.9 Å². The van der Waals surface area contributed by atoms with Gasteiger partial charge in [0.2, 0.25) is 15.8 Å². The second-order valence-corrected chi connectivity index (χ2v) is 10.3. The maximum absolute atomic E-state index is 15.1. The molecule has 0 aliphatic heterocycles. The number of sulfonamides is 1. The first-order valence-corrected chi connectivity index (χ1v) is 12.7. The highest BCUT2D eigenvalue weighted by Crippen LogP contribution is 2.32. The van der Waals surface area contributed by atoms with Gasteiger partial charge in [-0.1, -0.05) is 11.3 Å². The largest absolute Gasteiger partial charge is 0.382 e. The van der Waals surface area contributed by atoms with E-state index in [-0.39, 0.29) is 25.7 Å². The molecule has 0 aliphatic rings. The van der Waals surface area contributed by atoms with Crippen LogP contribution in [0.1, 0.15) is 25.0 Å². The Morgan fingerprint density at radius 1 is 1.06 bits per heavy atom. The summed E-state index contributed by atoms with van der Waals surface area (Å²) in [7, 11) is -3.87. The van der Waals surface area contributed by atoms with Gasteiger partial charge >= 0.3 is 0 Å². The molecule has 10 nitrogen and oxygen atoms in total. The molecule has 180 valence electrons. The number of thiazole rings is 2. The Morgan fingerprint density at radius 2 is 1.77 bits per heavy atom. The van der Waals surface area contributed by atoms with E-state index < -0.39 is 44.6 Å². The third kappa shape index (κ3) is 5.17. The minimum absolute atomic E-state index is 0.0566. The number of ketones is 1. The minimum atomic E-state index is -3.87. The van der Waals surface area contributed by atoms with Crippen LogP contribution in [-0.4, -0.2) is 30.1 Å². The number of amides is 1. The highest BCUT2D eigenvalue weighted by Gasteiger charge is 2.27. The van der Waals surface area contributed by atoms with Gasteiger partial charge in [0.05, 0.1) is 16.1 Å². The molecule has 35 heavy (non-hydrogen) atoms. The molecule has 4 rings (SSSR count). The van der Waals surface area contributed by atoms with Crippen molar-refractivity contribution in [1.82, 2.24) is 9.97 Å². The standard InChI is InChI=1S/C20H14F2N6O4S3/c21-11-5-6-12(27-18(30)19-25-7-8-33-19)14(22)13(11)15(29)16-17(23)28-20(34-16)26-9-1-3-10(4-2-9)35(24,31)32/h1-8H,23H2,(H,26,28)(H,27,30)(H2,24,31,32). The van der Waals surface area contributed by atoms with Crippen molar-refractivity contribution >= 4 is 66.7 Å². The molecule has 6 N–H and O–H groups in total. The van der Waals surface area contributed by atoms with E-state index in [2.05, 4.69) is 20.6 Å². The van der Waals surface area contributed by atoms with E-state index in [1.165, 1.54) is 30.5 Å². The van der Waals surface area contributed by atoms with Crippen molar-refractivity contribution in [3.05, 3.63) is 75.1 Å². The third-order valence-electron chi connectivity index (χ3n) is 4.49. The van der Waals surface area contributed by atoms with Crippen LogP contribution in [0, 0.1) is 11.6 Å². The number of aromatic nitrogens is 2. The number of carbonyl (C=O) groups is 2. The number of anilines is 4. The van der Waals surface area contributed by atoms with Gasteiger partial charge in [0, 0.05) is 17.3 Å².